The fraction of sp³-hybridized carbons (Fsp3) is 0.176. The summed E-state index contributed by atoms with van der Waals surface area (Å²) in [5.41, 5.74) is 4.98. The zero-order chi connectivity index (χ0) is 13.0. The SMILES string of the molecule is Cc1cccc(/C=C/c2ccc(N(C)C)cc2)c1. The molecule has 0 spiro atoms. The largest absolute Gasteiger partial charge is 0.378 e. The molecular weight excluding hydrogens is 218 g/mol. The van der Waals surface area contributed by atoms with Gasteiger partial charge in [0.15, 0.2) is 0 Å². The lowest BCUT2D eigenvalue weighted by molar-refractivity contribution is 1.13. The molecule has 0 fully saturated rings. The molecule has 0 N–H and O–H groups in total. The van der Waals surface area contributed by atoms with Crippen LogP contribution in [0.2, 0.25) is 0 Å². The fourth-order valence-electron chi connectivity index (χ4n) is 1.85. The number of hydrogen-bond donors (Lipinski definition) is 0. The normalized spacial score (nSPS) is 10.8. The highest BCUT2D eigenvalue weighted by atomic mass is 15.1. The highest BCUT2D eigenvalue weighted by molar-refractivity contribution is 5.70. The molecule has 2 rings (SSSR count). The van der Waals surface area contributed by atoms with Crippen molar-refractivity contribution in [1.29, 1.82) is 0 Å². The Morgan fingerprint density at radius 2 is 1.50 bits per heavy atom. The van der Waals surface area contributed by atoms with E-state index in [0.717, 1.165) is 0 Å². The van der Waals surface area contributed by atoms with E-state index in [4.69, 9.17) is 0 Å². The van der Waals surface area contributed by atoms with Crippen molar-refractivity contribution in [3.05, 3.63) is 65.2 Å². The van der Waals surface area contributed by atoms with Crippen molar-refractivity contribution >= 4 is 17.8 Å². The predicted octanol–water partition coefficient (Wildman–Crippen LogP) is 4.23. The van der Waals surface area contributed by atoms with Gasteiger partial charge in [0.05, 0.1) is 0 Å². The average Bonchev–Trinajstić information content (AvgIpc) is 2.37. The van der Waals surface area contributed by atoms with Crippen LogP contribution in [0.1, 0.15) is 16.7 Å². The molecule has 0 unspecified atom stereocenters. The second-order valence-electron chi connectivity index (χ2n) is 4.73. The third-order valence-electron chi connectivity index (χ3n) is 2.92. The third-order valence-corrected chi connectivity index (χ3v) is 2.92. The van der Waals surface area contributed by atoms with Crippen molar-refractivity contribution in [1.82, 2.24) is 0 Å². The monoisotopic (exact) mass is 237 g/mol. The Balaban J connectivity index is 2.14. The van der Waals surface area contributed by atoms with Crippen LogP contribution < -0.4 is 4.90 Å². The van der Waals surface area contributed by atoms with Crippen molar-refractivity contribution in [2.45, 2.75) is 6.92 Å². The summed E-state index contributed by atoms with van der Waals surface area (Å²) < 4.78 is 0. The first-order valence-corrected chi connectivity index (χ1v) is 6.17. The molecule has 0 saturated carbocycles. The molecule has 0 amide bonds. The van der Waals surface area contributed by atoms with E-state index >= 15 is 0 Å². The van der Waals surface area contributed by atoms with Crippen LogP contribution in [0.4, 0.5) is 5.69 Å². The minimum absolute atomic E-state index is 1.22. The van der Waals surface area contributed by atoms with Gasteiger partial charge in [-0.3, -0.25) is 0 Å². The molecular formula is C17H19N. The van der Waals surface area contributed by atoms with E-state index in [2.05, 4.69) is 86.6 Å². The molecule has 0 atom stereocenters. The van der Waals surface area contributed by atoms with Crippen molar-refractivity contribution in [2.24, 2.45) is 0 Å². The van der Waals surface area contributed by atoms with Crippen molar-refractivity contribution < 1.29 is 0 Å². The van der Waals surface area contributed by atoms with Gasteiger partial charge < -0.3 is 4.90 Å². The minimum Gasteiger partial charge on any atom is -0.378 e. The maximum Gasteiger partial charge on any atom is 0.0361 e. The van der Waals surface area contributed by atoms with Crippen LogP contribution in [0.5, 0.6) is 0 Å². The maximum absolute atomic E-state index is 2.19. The number of nitrogens with zero attached hydrogens (tertiary/aromatic N) is 1. The molecule has 1 nitrogen and oxygen atoms in total. The lowest BCUT2D eigenvalue weighted by Gasteiger charge is -2.11. The topological polar surface area (TPSA) is 3.24 Å². The average molecular weight is 237 g/mol. The van der Waals surface area contributed by atoms with Crippen LogP contribution in [-0.2, 0) is 0 Å². The van der Waals surface area contributed by atoms with E-state index in [1.54, 1.807) is 0 Å². The number of benzene rings is 2. The molecule has 0 saturated heterocycles. The highest BCUT2D eigenvalue weighted by Gasteiger charge is 1.93. The summed E-state index contributed by atoms with van der Waals surface area (Å²) in [5, 5.41) is 0. The van der Waals surface area contributed by atoms with Gasteiger partial charge in [-0.1, -0.05) is 54.1 Å². The molecule has 2 aromatic carbocycles. The summed E-state index contributed by atoms with van der Waals surface area (Å²) in [4.78, 5) is 2.11. The van der Waals surface area contributed by atoms with Crippen LogP contribution in [0, 0.1) is 6.92 Å². The quantitative estimate of drug-likeness (QED) is 0.722. The van der Waals surface area contributed by atoms with Crippen LogP contribution in [0.15, 0.2) is 48.5 Å². The first-order chi connectivity index (χ1) is 8.65. The molecule has 0 heterocycles. The van der Waals surface area contributed by atoms with Gasteiger partial charge in [0.2, 0.25) is 0 Å². The van der Waals surface area contributed by atoms with Gasteiger partial charge >= 0.3 is 0 Å². The van der Waals surface area contributed by atoms with Crippen molar-refractivity contribution in [2.75, 3.05) is 19.0 Å². The molecule has 0 aliphatic rings. The fourth-order valence-corrected chi connectivity index (χ4v) is 1.85. The Morgan fingerprint density at radius 3 is 2.11 bits per heavy atom. The summed E-state index contributed by atoms with van der Waals surface area (Å²) in [5.74, 6) is 0. The predicted molar refractivity (Wildman–Crippen MR) is 80.9 cm³/mol. The Kier molecular flexibility index (Phi) is 3.83. The summed E-state index contributed by atoms with van der Waals surface area (Å²) in [6.07, 6.45) is 4.30. The summed E-state index contributed by atoms with van der Waals surface area (Å²) >= 11 is 0. The van der Waals surface area contributed by atoms with Gasteiger partial charge in [-0.2, -0.15) is 0 Å². The highest BCUT2D eigenvalue weighted by Crippen LogP contribution is 2.15. The Hall–Kier alpha value is -2.02. The van der Waals surface area contributed by atoms with Crippen LogP contribution in [-0.4, -0.2) is 14.1 Å². The van der Waals surface area contributed by atoms with E-state index < -0.39 is 0 Å². The zero-order valence-electron chi connectivity index (χ0n) is 11.2. The summed E-state index contributed by atoms with van der Waals surface area (Å²) in [7, 11) is 4.11. The van der Waals surface area contributed by atoms with Crippen molar-refractivity contribution in [3.63, 3.8) is 0 Å². The van der Waals surface area contributed by atoms with Crippen LogP contribution in [0.3, 0.4) is 0 Å². The minimum atomic E-state index is 1.22. The summed E-state index contributed by atoms with van der Waals surface area (Å²) in [6.45, 7) is 2.11. The van der Waals surface area contributed by atoms with E-state index in [-0.39, 0.29) is 0 Å². The van der Waals surface area contributed by atoms with Gasteiger partial charge in [0, 0.05) is 19.8 Å². The van der Waals surface area contributed by atoms with E-state index in [1.165, 1.54) is 22.4 Å². The van der Waals surface area contributed by atoms with Crippen LogP contribution >= 0.6 is 0 Å². The molecule has 0 aliphatic carbocycles. The molecule has 1 heteroatoms. The van der Waals surface area contributed by atoms with Gasteiger partial charge in [0.1, 0.15) is 0 Å². The number of aryl methyl sites for hydroxylation is 1. The summed E-state index contributed by atoms with van der Waals surface area (Å²) in [6, 6.07) is 17.1. The molecule has 0 radical (unpaired) electrons. The van der Waals surface area contributed by atoms with Gasteiger partial charge in [-0.05, 0) is 30.2 Å². The van der Waals surface area contributed by atoms with Crippen molar-refractivity contribution in [3.8, 4) is 0 Å². The molecule has 0 aliphatic heterocycles. The zero-order valence-corrected chi connectivity index (χ0v) is 11.2. The second-order valence-corrected chi connectivity index (χ2v) is 4.73. The Morgan fingerprint density at radius 1 is 0.833 bits per heavy atom. The lowest BCUT2D eigenvalue weighted by Crippen LogP contribution is -2.07. The van der Waals surface area contributed by atoms with E-state index in [1.807, 2.05) is 0 Å². The lowest BCUT2D eigenvalue weighted by atomic mass is 10.1. The second kappa shape index (κ2) is 5.54. The molecule has 18 heavy (non-hydrogen) atoms. The molecule has 0 aromatic heterocycles. The standard InChI is InChI=1S/C17H19N/c1-14-5-4-6-16(13-14)8-7-15-9-11-17(12-10-15)18(2)3/h4-13H,1-3H3/b8-7+. The Bertz CT molecular complexity index is 536. The van der Waals surface area contributed by atoms with E-state index in [0.29, 0.717) is 0 Å². The number of rotatable bonds is 3. The molecule has 0 bridgehead atoms. The number of hydrogen-bond acceptors (Lipinski definition) is 1. The van der Waals surface area contributed by atoms with E-state index in [9.17, 15) is 0 Å². The molecule has 92 valence electrons. The van der Waals surface area contributed by atoms with Gasteiger partial charge in [-0.15, -0.1) is 0 Å². The first-order valence-electron chi connectivity index (χ1n) is 6.17. The molecule has 2 aromatic rings. The first kappa shape index (κ1) is 12.4. The van der Waals surface area contributed by atoms with Gasteiger partial charge in [-0.25, -0.2) is 0 Å². The maximum atomic E-state index is 2.19. The van der Waals surface area contributed by atoms with Gasteiger partial charge in [0.25, 0.3) is 0 Å². The number of anilines is 1. The third kappa shape index (κ3) is 3.24. The smallest absolute Gasteiger partial charge is 0.0361 e. The Labute approximate surface area is 109 Å². The van der Waals surface area contributed by atoms with Crippen LogP contribution in [0.25, 0.3) is 12.2 Å².